The van der Waals surface area contributed by atoms with Crippen LogP contribution in [0.25, 0.3) is 0 Å². The fraction of sp³-hybridized carbons (Fsp3) is 0.391. The van der Waals surface area contributed by atoms with Crippen molar-refractivity contribution in [3.05, 3.63) is 71.5 Å². The molecule has 0 spiro atoms. The van der Waals surface area contributed by atoms with Crippen LogP contribution >= 0.6 is 0 Å². The van der Waals surface area contributed by atoms with E-state index in [0.717, 1.165) is 24.8 Å². The number of nitrogens with zero attached hydrogens (tertiary/aromatic N) is 1. The van der Waals surface area contributed by atoms with E-state index in [9.17, 15) is 14.0 Å². The highest BCUT2D eigenvalue weighted by Crippen LogP contribution is 2.30. The molecule has 2 aromatic carbocycles. The normalized spacial score (nSPS) is 18.9. The van der Waals surface area contributed by atoms with Crippen LogP contribution in [0.1, 0.15) is 30.9 Å². The summed E-state index contributed by atoms with van der Waals surface area (Å²) in [6.45, 7) is 3.85. The van der Waals surface area contributed by atoms with Gasteiger partial charge in [0.25, 0.3) is 0 Å². The van der Waals surface area contributed by atoms with Crippen molar-refractivity contribution in [3.8, 4) is 0 Å². The van der Waals surface area contributed by atoms with Gasteiger partial charge in [-0.05, 0) is 49.4 Å². The number of hydrogen-bond acceptors (Lipinski definition) is 2. The van der Waals surface area contributed by atoms with E-state index in [2.05, 4.69) is 10.6 Å². The van der Waals surface area contributed by atoms with E-state index in [4.69, 9.17) is 0 Å². The Bertz CT molecular complexity index is 826. The molecule has 1 heterocycles. The fourth-order valence-corrected chi connectivity index (χ4v) is 3.67. The Hall–Kier alpha value is -2.89. The molecular weight excluding hydrogens is 369 g/mol. The third-order valence-electron chi connectivity index (χ3n) is 5.43. The fourth-order valence-electron chi connectivity index (χ4n) is 3.67. The Morgan fingerprint density at radius 2 is 1.76 bits per heavy atom. The van der Waals surface area contributed by atoms with Gasteiger partial charge in [-0.3, -0.25) is 4.79 Å². The van der Waals surface area contributed by atoms with Crippen LogP contribution in [0.5, 0.6) is 0 Å². The van der Waals surface area contributed by atoms with E-state index >= 15 is 0 Å². The number of likely N-dealkylation sites (tertiary alicyclic amines) is 1. The highest BCUT2D eigenvalue weighted by molar-refractivity contribution is 5.84. The highest BCUT2D eigenvalue weighted by Gasteiger charge is 2.39. The lowest BCUT2D eigenvalue weighted by molar-refractivity contribution is -0.132. The number of carbonyl (C=O) groups excluding carboxylic acids is 2. The average Bonchev–Trinajstić information content (AvgIpc) is 2.74. The number of halogens is 1. The third kappa shape index (κ3) is 5.79. The van der Waals surface area contributed by atoms with Gasteiger partial charge in [0.2, 0.25) is 5.91 Å². The van der Waals surface area contributed by atoms with Crippen molar-refractivity contribution < 1.29 is 14.0 Å². The van der Waals surface area contributed by atoms with Crippen molar-refractivity contribution in [1.82, 2.24) is 15.5 Å². The van der Waals surface area contributed by atoms with E-state index in [-0.39, 0.29) is 17.8 Å². The molecule has 1 aliphatic rings. The maximum Gasteiger partial charge on any atom is 0.317 e. The van der Waals surface area contributed by atoms with Crippen molar-refractivity contribution in [3.63, 3.8) is 0 Å². The number of amides is 3. The predicted octanol–water partition coefficient (Wildman–Crippen LogP) is 3.50. The Kier molecular flexibility index (Phi) is 6.86. The van der Waals surface area contributed by atoms with Crippen LogP contribution in [0.4, 0.5) is 9.18 Å². The van der Waals surface area contributed by atoms with Gasteiger partial charge in [-0.25, -0.2) is 9.18 Å². The van der Waals surface area contributed by atoms with Crippen molar-refractivity contribution in [2.45, 2.75) is 32.7 Å². The van der Waals surface area contributed by atoms with Gasteiger partial charge in [0.1, 0.15) is 5.82 Å². The maximum atomic E-state index is 13.0. The molecule has 3 rings (SSSR count). The smallest absolute Gasteiger partial charge is 0.317 e. The maximum absolute atomic E-state index is 13.0. The first-order chi connectivity index (χ1) is 14.0. The van der Waals surface area contributed by atoms with E-state index in [1.165, 1.54) is 17.7 Å². The molecule has 2 aromatic rings. The number of hydrogen-bond donors (Lipinski definition) is 2. The van der Waals surface area contributed by atoms with Crippen LogP contribution in [-0.2, 0) is 17.8 Å². The lowest BCUT2D eigenvalue weighted by Crippen LogP contribution is -2.54. The summed E-state index contributed by atoms with van der Waals surface area (Å²) in [5.41, 5.74) is 1.39. The number of carbonyl (C=O) groups is 2. The second-order valence-electron chi connectivity index (χ2n) is 7.86. The molecule has 1 fully saturated rings. The topological polar surface area (TPSA) is 61.4 Å². The standard InChI is InChI=1S/C23H28FN3O2/c1-23(21(28)26-16-19-8-10-20(24)11-9-19)13-5-15-27(17-23)22(29)25-14-12-18-6-3-2-4-7-18/h2-4,6-11H,5,12-17H2,1H3,(H,25,29)(H,26,28)/t23-/m0/s1. The van der Waals surface area contributed by atoms with Crippen molar-refractivity contribution >= 4 is 11.9 Å². The Labute approximate surface area is 171 Å². The van der Waals surface area contributed by atoms with E-state index in [0.29, 0.717) is 26.2 Å². The number of rotatable bonds is 6. The molecule has 6 heteroatoms. The minimum atomic E-state index is -0.630. The molecule has 0 aliphatic carbocycles. The molecule has 0 saturated carbocycles. The van der Waals surface area contributed by atoms with Crippen LogP contribution in [-0.4, -0.2) is 36.5 Å². The molecular formula is C23H28FN3O2. The summed E-state index contributed by atoms with van der Waals surface area (Å²) in [5.74, 6) is -0.378. The summed E-state index contributed by atoms with van der Waals surface area (Å²) in [7, 11) is 0. The minimum Gasteiger partial charge on any atom is -0.351 e. The summed E-state index contributed by atoms with van der Waals surface area (Å²) in [6, 6.07) is 16.0. The molecule has 0 radical (unpaired) electrons. The molecule has 1 saturated heterocycles. The average molecular weight is 397 g/mol. The van der Waals surface area contributed by atoms with Crippen LogP contribution in [0.2, 0.25) is 0 Å². The SMILES string of the molecule is C[C@]1(C(=O)NCc2ccc(F)cc2)CCCN(C(=O)NCCc2ccccc2)C1. The lowest BCUT2D eigenvalue weighted by Gasteiger charge is -2.39. The second kappa shape index (κ2) is 9.54. The van der Waals surface area contributed by atoms with E-state index in [1.807, 2.05) is 37.3 Å². The van der Waals surface area contributed by atoms with Gasteiger partial charge >= 0.3 is 6.03 Å². The quantitative estimate of drug-likeness (QED) is 0.784. The summed E-state index contributed by atoms with van der Waals surface area (Å²) >= 11 is 0. The van der Waals surface area contributed by atoms with Crippen LogP contribution in [0.15, 0.2) is 54.6 Å². The van der Waals surface area contributed by atoms with Gasteiger partial charge in [-0.15, -0.1) is 0 Å². The first-order valence-electron chi connectivity index (χ1n) is 10.1. The van der Waals surface area contributed by atoms with Crippen LogP contribution in [0, 0.1) is 11.2 Å². The number of nitrogens with one attached hydrogen (secondary N) is 2. The zero-order valence-corrected chi connectivity index (χ0v) is 16.8. The monoisotopic (exact) mass is 397 g/mol. The van der Waals surface area contributed by atoms with Gasteiger partial charge in [-0.2, -0.15) is 0 Å². The molecule has 0 unspecified atom stereocenters. The number of benzene rings is 2. The molecule has 1 atom stereocenters. The lowest BCUT2D eigenvalue weighted by atomic mass is 9.81. The largest absolute Gasteiger partial charge is 0.351 e. The van der Waals surface area contributed by atoms with Crippen LogP contribution < -0.4 is 10.6 Å². The molecule has 3 amide bonds. The molecule has 154 valence electrons. The zero-order valence-electron chi connectivity index (χ0n) is 16.8. The van der Waals surface area contributed by atoms with Crippen molar-refractivity contribution in [2.24, 2.45) is 5.41 Å². The van der Waals surface area contributed by atoms with E-state index in [1.54, 1.807) is 17.0 Å². The van der Waals surface area contributed by atoms with Gasteiger partial charge in [0.05, 0.1) is 5.41 Å². The van der Waals surface area contributed by atoms with Gasteiger partial charge in [0.15, 0.2) is 0 Å². The summed E-state index contributed by atoms with van der Waals surface area (Å²) in [6.07, 6.45) is 2.29. The summed E-state index contributed by atoms with van der Waals surface area (Å²) in [5, 5.41) is 5.89. The molecule has 5 nitrogen and oxygen atoms in total. The first kappa shape index (κ1) is 20.8. The third-order valence-corrected chi connectivity index (χ3v) is 5.43. The Morgan fingerprint density at radius 3 is 2.48 bits per heavy atom. The molecule has 29 heavy (non-hydrogen) atoms. The van der Waals surface area contributed by atoms with Crippen LogP contribution in [0.3, 0.4) is 0 Å². The highest BCUT2D eigenvalue weighted by atomic mass is 19.1. The minimum absolute atomic E-state index is 0.0800. The van der Waals surface area contributed by atoms with E-state index < -0.39 is 5.41 Å². The van der Waals surface area contributed by atoms with Gasteiger partial charge < -0.3 is 15.5 Å². The zero-order chi connectivity index (χ0) is 20.7. The Morgan fingerprint density at radius 1 is 1.03 bits per heavy atom. The molecule has 0 aromatic heterocycles. The van der Waals surface area contributed by atoms with Crippen molar-refractivity contribution in [2.75, 3.05) is 19.6 Å². The summed E-state index contributed by atoms with van der Waals surface area (Å²) in [4.78, 5) is 27.1. The predicted molar refractivity (Wildman–Crippen MR) is 111 cm³/mol. The first-order valence-corrected chi connectivity index (χ1v) is 10.1. The molecule has 0 bridgehead atoms. The van der Waals surface area contributed by atoms with Gasteiger partial charge in [0, 0.05) is 26.2 Å². The summed E-state index contributed by atoms with van der Waals surface area (Å²) < 4.78 is 13.0. The van der Waals surface area contributed by atoms with Gasteiger partial charge in [-0.1, -0.05) is 42.5 Å². The number of piperidine rings is 1. The molecule has 1 aliphatic heterocycles. The molecule has 2 N–H and O–H groups in total. The second-order valence-corrected chi connectivity index (χ2v) is 7.86. The van der Waals surface area contributed by atoms with Crippen molar-refractivity contribution in [1.29, 1.82) is 0 Å². The number of urea groups is 1. The Balaban J connectivity index is 1.49.